The molecule has 0 aliphatic heterocycles. The van der Waals surface area contributed by atoms with Crippen LogP contribution in [0.5, 0.6) is 5.75 Å². The summed E-state index contributed by atoms with van der Waals surface area (Å²) in [5, 5.41) is 3.27. The number of amides is 2. The Morgan fingerprint density at radius 2 is 1.55 bits per heavy atom. The molecule has 0 aromatic heterocycles. The standard InChI is InChI=1S/C30H36ClN3O5S/c1-5-26(30(36)32-22(3)4)33(20-23-12-8-7-9-13-23)29(35)21-34(27-14-10-11-15-28(27)39-6-2)40(37,38)25-18-16-24(31)17-19-25/h7-19,22,26H,5-6,20-21H2,1-4H3,(H,32,36)/t26-/m1/s1. The molecule has 0 aliphatic carbocycles. The van der Waals surface area contributed by atoms with Crippen molar-refractivity contribution in [3.05, 3.63) is 89.4 Å². The van der Waals surface area contributed by atoms with Crippen LogP contribution in [0.3, 0.4) is 0 Å². The number of benzene rings is 3. The van der Waals surface area contributed by atoms with Gasteiger partial charge in [-0.05, 0) is 69.2 Å². The van der Waals surface area contributed by atoms with Crippen LogP contribution in [-0.4, -0.2) is 50.4 Å². The predicted molar refractivity (Wildman–Crippen MR) is 158 cm³/mol. The van der Waals surface area contributed by atoms with E-state index in [2.05, 4.69) is 5.32 Å². The zero-order valence-corrected chi connectivity index (χ0v) is 24.8. The average Bonchev–Trinajstić information content (AvgIpc) is 2.92. The van der Waals surface area contributed by atoms with Crippen LogP contribution < -0.4 is 14.4 Å². The number of halogens is 1. The summed E-state index contributed by atoms with van der Waals surface area (Å²) in [5.41, 5.74) is 1.03. The number of anilines is 1. The first-order valence-electron chi connectivity index (χ1n) is 13.2. The van der Waals surface area contributed by atoms with Crippen molar-refractivity contribution in [2.45, 2.75) is 57.6 Å². The molecular formula is C30H36ClN3O5S. The molecule has 0 fully saturated rings. The summed E-state index contributed by atoms with van der Waals surface area (Å²) in [7, 11) is -4.24. The molecule has 3 aromatic rings. The summed E-state index contributed by atoms with van der Waals surface area (Å²) < 4.78 is 34.8. The van der Waals surface area contributed by atoms with Gasteiger partial charge < -0.3 is 15.0 Å². The van der Waals surface area contributed by atoms with Crippen LogP contribution in [0, 0.1) is 0 Å². The number of hydrogen-bond donors (Lipinski definition) is 1. The highest BCUT2D eigenvalue weighted by Crippen LogP contribution is 2.33. The van der Waals surface area contributed by atoms with E-state index in [-0.39, 0.29) is 29.1 Å². The Bertz CT molecular complexity index is 1380. The first kappa shape index (κ1) is 31.0. The van der Waals surface area contributed by atoms with E-state index in [0.29, 0.717) is 23.8 Å². The van der Waals surface area contributed by atoms with Gasteiger partial charge >= 0.3 is 0 Å². The largest absolute Gasteiger partial charge is 0.492 e. The lowest BCUT2D eigenvalue weighted by Gasteiger charge is -2.34. The first-order chi connectivity index (χ1) is 19.1. The third kappa shape index (κ3) is 7.76. The smallest absolute Gasteiger partial charge is 0.264 e. The van der Waals surface area contributed by atoms with Gasteiger partial charge in [-0.25, -0.2) is 8.42 Å². The lowest BCUT2D eigenvalue weighted by molar-refractivity contribution is -0.140. The minimum atomic E-state index is -4.24. The van der Waals surface area contributed by atoms with E-state index in [1.807, 2.05) is 51.1 Å². The fourth-order valence-corrected chi connectivity index (χ4v) is 5.82. The molecule has 0 radical (unpaired) electrons. The van der Waals surface area contributed by atoms with Crippen LogP contribution in [0.15, 0.2) is 83.8 Å². The molecule has 0 saturated carbocycles. The molecule has 1 N–H and O–H groups in total. The van der Waals surface area contributed by atoms with Crippen molar-refractivity contribution in [2.75, 3.05) is 17.5 Å². The minimum absolute atomic E-state index is 0.0322. The monoisotopic (exact) mass is 585 g/mol. The molecule has 40 heavy (non-hydrogen) atoms. The van der Waals surface area contributed by atoms with E-state index in [1.54, 1.807) is 31.2 Å². The van der Waals surface area contributed by atoms with E-state index in [1.165, 1.54) is 29.2 Å². The fraction of sp³-hybridized carbons (Fsp3) is 0.333. The van der Waals surface area contributed by atoms with E-state index >= 15 is 0 Å². The number of ether oxygens (including phenoxy) is 1. The van der Waals surface area contributed by atoms with Gasteiger partial charge in [0.25, 0.3) is 10.0 Å². The van der Waals surface area contributed by atoms with E-state index in [9.17, 15) is 18.0 Å². The SMILES string of the molecule is CCOc1ccccc1N(CC(=O)N(Cc1ccccc1)[C@H](CC)C(=O)NC(C)C)S(=O)(=O)c1ccc(Cl)cc1. The van der Waals surface area contributed by atoms with Gasteiger partial charge in [-0.3, -0.25) is 13.9 Å². The van der Waals surface area contributed by atoms with Gasteiger partial charge in [-0.1, -0.05) is 61.0 Å². The summed E-state index contributed by atoms with van der Waals surface area (Å²) in [4.78, 5) is 28.7. The van der Waals surface area contributed by atoms with Gasteiger partial charge in [0.05, 0.1) is 17.2 Å². The summed E-state index contributed by atoms with van der Waals surface area (Å²) in [6, 6.07) is 20.8. The summed E-state index contributed by atoms with van der Waals surface area (Å²) in [5.74, 6) is -0.517. The van der Waals surface area contributed by atoms with Crippen molar-refractivity contribution in [1.82, 2.24) is 10.2 Å². The second-order valence-electron chi connectivity index (χ2n) is 9.46. The lowest BCUT2D eigenvalue weighted by Crippen LogP contribution is -2.53. The van der Waals surface area contributed by atoms with Crippen molar-refractivity contribution in [3.8, 4) is 5.75 Å². The molecule has 0 unspecified atom stereocenters. The van der Waals surface area contributed by atoms with Crippen molar-refractivity contribution in [2.24, 2.45) is 0 Å². The minimum Gasteiger partial charge on any atom is -0.492 e. The molecule has 1 atom stereocenters. The van der Waals surface area contributed by atoms with Gasteiger partial charge in [0.1, 0.15) is 18.3 Å². The topological polar surface area (TPSA) is 96.0 Å². The zero-order chi connectivity index (χ0) is 29.3. The van der Waals surface area contributed by atoms with Gasteiger partial charge in [-0.15, -0.1) is 0 Å². The maximum Gasteiger partial charge on any atom is 0.264 e. The number of para-hydroxylation sites is 2. The van der Waals surface area contributed by atoms with Crippen molar-refractivity contribution in [1.29, 1.82) is 0 Å². The Labute approximate surface area is 241 Å². The lowest BCUT2D eigenvalue weighted by atomic mass is 10.1. The van der Waals surface area contributed by atoms with Crippen LogP contribution in [0.25, 0.3) is 0 Å². The van der Waals surface area contributed by atoms with Gasteiger partial charge in [0, 0.05) is 17.6 Å². The summed E-state index contributed by atoms with van der Waals surface area (Å²) >= 11 is 6.02. The molecule has 10 heteroatoms. The molecular weight excluding hydrogens is 550 g/mol. The van der Waals surface area contributed by atoms with Crippen molar-refractivity contribution in [3.63, 3.8) is 0 Å². The Kier molecular flexibility index (Phi) is 11.0. The van der Waals surface area contributed by atoms with Crippen LogP contribution in [-0.2, 0) is 26.2 Å². The van der Waals surface area contributed by atoms with Crippen LogP contribution in [0.2, 0.25) is 5.02 Å². The Balaban J connectivity index is 2.10. The van der Waals surface area contributed by atoms with Gasteiger partial charge in [-0.2, -0.15) is 0 Å². The summed E-state index contributed by atoms with van der Waals surface area (Å²) in [6.45, 7) is 7.19. The quantitative estimate of drug-likeness (QED) is 0.295. The highest BCUT2D eigenvalue weighted by molar-refractivity contribution is 7.92. The molecule has 3 rings (SSSR count). The predicted octanol–water partition coefficient (Wildman–Crippen LogP) is 5.27. The first-order valence-corrected chi connectivity index (χ1v) is 15.0. The van der Waals surface area contributed by atoms with E-state index < -0.39 is 28.5 Å². The number of nitrogens with one attached hydrogen (secondary N) is 1. The van der Waals surface area contributed by atoms with Crippen LogP contribution >= 0.6 is 11.6 Å². The average molecular weight is 586 g/mol. The van der Waals surface area contributed by atoms with Crippen LogP contribution in [0.1, 0.15) is 39.7 Å². The van der Waals surface area contributed by atoms with Crippen molar-refractivity contribution < 1.29 is 22.7 Å². The normalized spacial score (nSPS) is 12.1. The fourth-order valence-electron chi connectivity index (χ4n) is 4.27. The molecule has 214 valence electrons. The number of carbonyl (C=O) groups is 2. The molecule has 0 spiro atoms. The molecule has 8 nitrogen and oxygen atoms in total. The molecule has 0 aliphatic rings. The number of nitrogens with zero attached hydrogens (tertiary/aromatic N) is 2. The van der Waals surface area contributed by atoms with E-state index in [4.69, 9.17) is 16.3 Å². The van der Waals surface area contributed by atoms with Gasteiger partial charge in [0.2, 0.25) is 11.8 Å². The second-order valence-corrected chi connectivity index (χ2v) is 11.8. The molecule has 2 amide bonds. The number of rotatable bonds is 13. The maximum absolute atomic E-state index is 14.1. The highest BCUT2D eigenvalue weighted by Gasteiger charge is 2.34. The molecule has 3 aromatic carbocycles. The number of carbonyl (C=O) groups excluding carboxylic acids is 2. The highest BCUT2D eigenvalue weighted by atomic mass is 35.5. The third-order valence-electron chi connectivity index (χ3n) is 6.13. The Morgan fingerprint density at radius 1 is 0.925 bits per heavy atom. The molecule has 0 saturated heterocycles. The maximum atomic E-state index is 14.1. The van der Waals surface area contributed by atoms with Gasteiger partial charge in [0.15, 0.2) is 0 Å². The second kappa shape index (κ2) is 14.2. The Morgan fingerprint density at radius 3 is 2.15 bits per heavy atom. The van der Waals surface area contributed by atoms with Crippen molar-refractivity contribution >= 4 is 39.1 Å². The number of hydrogen-bond acceptors (Lipinski definition) is 5. The van der Waals surface area contributed by atoms with E-state index in [0.717, 1.165) is 9.87 Å². The zero-order valence-electron chi connectivity index (χ0n) is 23.2. The third-order valence-corrected chi connectivity index (χ3v) is 8.15. The Hall–Kier alpha value is -3.56. The molecule has 0 bridgehead atoms. The molecule has 0 heterocycles. The number of sulfonamides is 1. The summed E-state index contributed by atoms with van der Waals surface area (Å²) in [6.07, 6.45) is 0.344. The van der Waals surface area contributed by atoms with Crippen LogP contribution in [0.4, 0.5) is 5.69 Å².